The van der Waals surface area contributed by atoms with Gasteiger partial charge >= 0.3 is 0 Å². The van der Waals surface area contributed by atoms with E-state index in [2.05, 4.69) is 10.2 Å². The number of nitrogens with zero attached hydrogens (tertiary/aromatic N) is 2. The van der Waals surface area contributed by atoms with Gasteiger partial charge in [0.2, 0.25) is 0 Å². The first-order valence-corrected chi connectivity index (χ1v) is 8.72. The number of benzene rings is 2. The van der Waals surface area contributed by atoms with Crippen molar-refractivity contribution in [1.29, 1.82) is 0 Å². The summed E-state index contributed by atoms with van der Waals surface area (Å²) in [6.45, 7) is 2.28. The maximum atomic E-state index is 12.8. The number of ether oxygens (including phenoxy) is 2. The number of methoxy groups -OCH3 is 1. The van der Waals surface area contributed by atoms with Crippen LogP contribution in [0.25, 0.3) is 0 Å². The second kappa shape index (κ2) is 8.40. The zero-order chi connectivity index (χ0) is 19.2. The summed E-state index contributed by atoms with van der Waals surface area (Å²) in [6.07, 6.45) is 0. The first-order valence-electron chi connectivity index (χ1n) is 8.72. The Balaban J connectivity index is 1.67. The quantitative estimate of drug-likeness (QED) is 0.691. The maximum absolute atomic E-state index is 12.8. The predicted octanol–water partition coefficient (Wildman–Crippen LogP) is 3.83. The van der Waals surface area contributed by atoms with E-state index in [0.717, 1.165) is 22.8 Å². The van der Waals surface area contributed by atoms with Crippen LogP contribution in [-0.2, 0) is 6.61 Å². The Hall–Kier alpha value is -3.28. The van der Waals surface area contributed by atoms with Crippen molar-refractivity contribution in [3.8, 4) is 11.5 Å². The van der Waals surface area contributed by atoms with Gasteiger partial charge in [-0.2, -0.15) is 5.10 Å². The van der Waals surface area contributed by atoms with Crippen LogP contribution in [0.3, 0.4) is 0 Å². The van der Waals surface area contributed by atoms with Crippen LogP contribution in [0.4, 0.5) is 0 Å². The fourth-order valence-corrected chi connectivity index (χ4v) is 2.80. The minimum Gasteiger partial charge on any atom is -0.496 e. The normalized spacial score (nSPS) is 11.7. The molecular formula is C21H23N3O3. The molecule has 3 rings (SSSR count). The van der Waals surface area contributed by atoms with E-state index < -0.39 is 0 Å². The molecule has 0 radical (unpaired) electrons. The van der Waals surface area contributed by atoms with Crippen LogP contribution in [0.5, 0.6) is 11.5 Å². The van der Waals surface area contributed by atoms with Crippen LogP contribution < -0.4 is 9.47 Å². The van der Waals surface area contributed by atoms with Crippen LogP contribution in [0.2, 0.25) is 0 Å². The highest BCUT2D eigenvalue weighted by atomic mass is 16.5. The SMILES string of the molecule is COc1ccccc1[C@@H](C)N(C)C(=O)c1cc(COc2ccccc2)[nH]n1. The summed E-state index contributed by atoms with van der Waals surface area (Å²) >= 11 is 0. The van der Waals surface area contributed by atoms with Gasteiger partial charge in [-0.25, -0.2) is 0 Å². The first-order chi connectivity index (χ1) is 13.1. The van der Waals surface area contributed by atoms with E-state index in [4.69, 9.17) is 9.47 Å². The van der Waals surface area contributed by atoms with Gasteiger partial charge in [0, 0.05) is 12.6 Å². The molecule has 1 N–H and O–H groups in total. The minimum absolute atomic E-state index is 0.158. The van der Waals surface area contributed by atoms with Crippen LogP contribution >= 0.6 is 0 Å². The summed E-state index contributed by atoms with van der Waals surface area (Å²) in [6, 6.07) is 18.7. The van der Waals surface area contributed by atoms with E-state index in [-0.39, 0.29) is 11.9 Å². The number of hydrogen-bond acceptors (Lipinski definition) is 4. The Kier molecular flexibility index (Phi) is 5.76. The van der Waals surface area contributed by atoms with Crippen molar-refractivity contribution >= 4 is 5.91 Å². The van der Waals surface area contributed by atoms with Crippen molar-refractivity contribution in [3.05, 3.63) is 77.6 Å². The Morgan fingerprint density at radius 2 is 1.85 bits per heavy atom. The summed E-state index contributed by atoms with van der Waals surface area (Å²) < 4.78 is 11.1. The van der Waals surface area contributed by atoms with E-state index in [1.807, 2.05) is 61.5 Å². The van der Waals surface area contributed by atoms with E-state index in [9.17, 15) is 4.79 Å². The van der Waals surface area contributed by atoms with Gasteiger partial charge in [-0.05, 0) is 31.2 Å². The molecule has 0 fully saturated rings. The molecule has 6 nitrogen and oxygen atoms in total. The first kappa shape index (κ1) is 18.5. The Bertz CT molecular complexity index is 892. The smallest absolute Gasteiger partial charge is 0.274 e. The van der Waals surface area contributed by atoms with E-state index in [1.165, 1.54) is 0 Å². The zero-order valence-corrected chi connectivity index (χ0v) is 15.7. The van der Waals surface area contributed by atoms with Gasteiger partial charge in [0.1, 0.15) is 18.1 Å². The molecular weight excluding hydrogens is 342 g/mol. The molecule has 0 spiro atoms. The van der Waals surface area contributed by atoms with Gasteiger partial charge in [0.15, 0.2) is 5.69 Å². The molecule has 1 amide bonds. The van der Waals surface area contributed by atoms with Gasteiger partial charge in [-0.3, -0.25) is 9.89 Å². The molecule has 0 aliphatic heterocycles. The number of aromatic amines is 1. The molecule has 1 aromatic heterocycles. The Morgan fingerprint density at radius 3 is 2.59 bits per heavy atom. The summed E-state index contributed by atoms with van der Waals surface area (Å²) in [5.74, 6) is 1.35. The Morgan fingerprint density at radius 1 is 1.15 bits per heavy atom. The third kappa shape index (κ3) is 4.28. The monoisotopic (exact) mass is 365 g/mol. The predicted molar refractivity (Wildman–Crippen MR) is 103 cm³/mol. The maximum Gasteiger partial charge on any atom is 0.274 e. The molecule has 3 aromatic rings. The second-order valence-corrected chi connectivity index (χ2v) is 6.21. The molecule has 1 atom stereocenters. The topological polar surface area (TPSA) is 67.4 Å². The lowest BCUT2D eigenvalue weighted by Crippen LogP contribution is -2.30. The van der Waals surface area contributed by atoms with Crippen LogP contribution in [0, 0.1) is 0 Å². The largest absolute Gasteiger partial charge is 0.496 e. The number of hydrogen-bond donors (Lipinski definition) is 1. The van der Waals surface area contributed by atoms with Crippen molar-refractivity contribution in [2.24, 2.45) is 0 Å². The minimum atomic E-state index is -0.171. The molecule has 0 unspecified atom stereocenters. The lowest BCUT2D eigenvalue weighted by molar-refractivity contribution is 0.0735. The number of H-pyrrole nitrogens is 1. The highest BCUT2D eigenvalue weighted by Crippen LogP contribution is 2.28. The fraction of sp³-hybridized carbons (Fsp3) is 0.238. The molecule has 0 aliphatic carbocycles. The zero-order valence-electron chi connectivity index (χ0n) is 15.7. The number of rotatable bonds is 7. The summed E-state index contributed by atoms with van der Waals surface area (Å²) in [5.41, 5.74) is 2.03. The van der Waals surface area contributed by atoms with E-state index in [0.29, 0.717) is 12.3 Å². The fourth-order valence-electron chi connectivity index (χ4n) is 2.80. The number of aromatic nitrogens is 2. The van der Waals surface area contributed by atoms with Crippen molar-refractivity contribution < 1.29 is 14.3 Å². The number of nitrogens with one attached hydrogen (secondary N) is 1. The van der Waals surface area contributed by atoms with Crippen molar-refractivity contribution in [3.63, 3.8) is 0 Å². The lowest BCUT2D eigenvalue weighted by Gasteiger charge is -2.25. The van der Waals surface area contributed by atoms with Crippen LogP contribution in [-0.4, -0.2) is 35.2 Å². The standard InChI is InChI=1S/C21H23N3O3/c1-15(18-11-7-8-12-20(18)26-3)24(2)21(25)19-13-16(22-23-19)14-27-17-9-5-4-6-10-17/h4-13,15H,14H2,1-3H3,(H,22,23)/t15-/m1/s1. The van der Waals surface area contributed by atoms with Gasteiger partial charge < -0.3 is 14.4 Å². The molecule has 0 saturated carbocycles. The van der Waals surface area contributed by atoms with Crippen LogP contribution in [0.15, 0.2) is 60.7 Å². The lowest BCUT2D eigenvalue weighted by atomic mass is 10.1. The molecule has 2 aromatic carbocycles. The third-order valence-corrected chi connectivity index (χ3v) is 4.48. The molecule has 0 saturated heterocycles. The van der Waals surface area contributed by atoms with Crippen molar-refractivity contribution in [2.45, 2.75) is 19.6 Å². The number of amides is 1. The number of carbonyl (C=O) groups excluding carboxylic acids is 1. The van der Waals surface area contributed by atoms with Gasteiger partial charge in [0.25, 0.3) is 5.91 Å². The molecule has 0 bridgehead atoms. The average Bonchev–Trinajstić information content (AvgIpc) is 3.20. The van der Waals surface area contributed by atoms with Crippen molar-refractivity contribution in [1.82, 2.24) is 15.1 Å². The molecule has 1 heterocycles. The summed E-state index contributed by atoms with van der Waals surface area (Å²) in [5, 5.41) is 7.01. The molecule has 6 heteroatoms. The Labute approximate surface area is 158 Å². The molecule has 27 heavy (non-hydrogen) atoms. The molecule has 140 valence electrons. The summed E-state index contributed by atoms with van der Waals surface area (Å²) in [4.78, 5) is 14.5. The highest BCUT2D eigenvalue weighted by molar-refractivity contribution is 5.92. The highest BCUT2D eigenvalue weighted by Gasteiger charge is 2.23. The van der Waals surface area contributed by atoms with E-state index >= 15 is 0 Å². The number of carbonyl (C=O) groups is 1. The average molecular weight is 365 g/mol. The second-order valence-electron chi connectivity index (χ2n) is 6.21. The van der Waals surface area contributed by atoms with Gasteiger partial charge in [-0.15, -0.1) is 0 Å². The number of para-hydroxylation sites is 2. The molecule has 0 aliphatic rings. The van der Waals surface area contributed by atoms with Crippen molar-refractivity contribution in [2.75, 3.05) is 14.2 Å². The van der Waals surface area contributed by atoms with Crippen LogP contribution in [0.1, 0.15) is 34.7 Å². The van der Waals surface area contributed by atoms with Gasteiger partial charge in [-0.1, -0.05) is 36.4 Å². The third-order valence-electron chi connectivity index (χ3n) is 4.48. The van der Waals surface area contributed by atoms with E-state index in [1.54, 1.807) is 25.1 Å². The van der Waals surface area contributed by atoms with Gasteiger partial charge in [0.05, 0.1) is 18.8 Å². The summed E-state index contributed by atoms with van der Waals surface area (Å²) in [7, 11) is 3.38.